The number of ether oxygens (including phenoxy) is 1. The molecule has 1 unspecified atom stereocenters. The van der Waals surface area contributed by atoms with Crippen LogP contribution < -0.4 is 16.3 Å². The summed E-state index contributed by atoms with van der Waals surface area (Å²) in [4.78, 5) is 51.3. The zero-order chi connectivity index (χ0) is 44.3. The van der Waals surface area contributed by atoms with Crippen molar-refractivity contribution in [3.63, 3.8) is 0 Å². The van der Waals surface area contributed by atoms with Crippen LogP contribution in [0.2, 0.25) is 0 Å². The highest BCUT2D eigenvalue weighted by molar-refractivity contribution is 6.00. The Bertz CT molecular complexity index is 2460. The molecule has 1 aliphatic carbocycles. The van der Waals surface area contributed by atoms with E-state index in [4.69, 9.17) is 4.74 Å². The molecule has 5 aromatic rings. The number of carbonyl (C=O) groups excluding carboxylic acids is 2. The summed E-state index contributed by atoms with van der Waals surface area (Å²) in [5, 5.41) is 16.1. The molecule has 0 radical (unpaired) electrons. The third-order valence-corrected chi connectivity index (χ3v) is 13.0. The van der Waals surface area contributed by atoms with Crippen LogP contribution in [0.1, 0.15) is 87.9 Å². The summed E-state index contributed by atoms with van der Waals surface area (Å²) in [6.45, 7) is 8.06. The minimum absolute atomic E-state index is 0.130. The highest BCUT2D eigenvalue weighted by atomic mass is 19.4. The summed E-state index contributed by atoms with van der Waals surface area (Å²) in [6, 6.07) is 14.3. The molecule has 3 N–H and O–H groups in total. The lowest BCUT2D eigenvalue weighted by Gasteiger charge is -2.40. The van der Waals surface area contributed by atoms with Crippen molar-refractivity contribution in [2.24, 2.45) is 7.05 Å². The van der Waals surface area contributed by atoms with E-state index >= 15 is 0 Å². The number of alkyl halides is 3. The van der Waals surface area contributed by atoms with Crippen molar-refractivity contribution in [1.82, 2.24) is 38.8 Å². The van der Waals surface area contributed by atoms with Gasteiger partial charge in [-0.15, -0.1) is 0 Å². The lowest BCUT2D eigenvalue weighted by molar-refractivity contribution is -0.136. The minimum Gasteiger partial charge on any atom is -0.393 e. The summed E-state index contributed by atoms with van der Waals surface area (Å²) in [6.07, 6.45) is 4.35. The number of piperazine rings is 1. The van der Waals surface area contributed by atoms with Gasteiger partial charge in [-0.25, -0.2) is 9.78 Å². The Labute approximate surface area is 364 Å². The van der Waals surface area contributed by atoms with Crippen LogP contribution in [0.3, 0.4) is 0 Å². The summed E-state index contributed by atoms with van der Waals surface area (Å²) >= 11 is 0. The van der Waals surface area contributed by atoms with E-state index in [-0.39, 0.29) is 42.7 Å². The van der Waals surface area contributed by atoms with Crippen molar-refractivity contribution < 1.29 is 32.6 Å². The SMILES string of the molecule is C[C@H]1CN(Cc2ccc(-c3cn([C@H]4CC[C@H](O)CC4)c4nc(NCCC(F)(F)F)ncc34)cc2)CCN1CCCOCCCc1ccc2c(c1)n(C)c(=O)n2C1CCC(=O)NC1=O. The Kier molecular flexibility index (Phi) is 13.7. The lowest BCUT2D eigenvalue weighted by Crippen LogP contribution is -2.51. The normalized spacial score (nSPS) is 21.7. The van der Waals surface area contributed by atoms with Gasteiger partial charge in [-0.1, -0.05) is 30.3 Å². The fraction of sp³-hybridized carbons (Fsp3) is 0.543. The zero-order valence-corrected chi connectivity index (χ0v) is 36.1. The van der Waals surface area contributed by atoms with Crippen LogP contribution >= 0.6 is 0 Å². The Hall–Kier alpha value is -5.10. The number of rotatable bonds is 16. The van der Waals surface area contributed by atoms with E-state index in [1.165, 1.54) is 10.1 Å². The van der Waals surface area contributed by atoms with E-state index in [0.29, 0.717) is 49.7 Å². The number of carbonyl (C=O) groups is 2. The fourth-order valence-electron chi connectivity index (χ4n) is 9.51. The van der Waals surface area contributed by atoms with Crippen LogP contribution in [-0.2, 0) is 34.3 Å². The maximum atomic E-state index is 13.1. The van der Waals surface area contributed by atoms with Gasteiger partial charge in [0.05, 0.1) is 23.6 Å². The number of aromatic nitrogens is 5. The maximum Gasteiger partial charge on any atom is 0.390 e. The molecule has 0 bridgehead atoms. The average Bonchev–Trinajstić information content (AvgIpc) is 3.74. The molecule has 2 atom stereocenters. The summed E-state index contributed by atoms with van der Waals surface area (Å²) < 4.78 is 49.6. The van der Waals surface area contributed by atoms with Crippen LogP contribution in [0.25, 0.3) is 33.2 Å². The molecule has 14 nitrogen and oxygen atoms in total. The Morgan fingerprint density at radius 2 is 1.71 bits per heavy atom. The van der Waals surface area contributed by atoms with E-state index in [1.54, 1.807) is 17.8 Å². The van der Waals surface area contributed by atoms with Gasteiger partial charge in [0.1, 0.15) is 11.7 Å². The van der Waals surface area contributed by atoms with Crippen molar-refractivity contribution in [2.75, 3.05) is 51.3 Å². The molecule has 338 valence electrons. The molecule has 3 aromatic heterocycles. The number of halogens is 3. The highest BCUT2D eigenvalue weighted by Gasteiger charge is 2.32. The zero-order valence-electron chi connectivity index (χ0n) is 36.1. The largest absolute Gasteiger partial charge is 0.393 e. The predicted octanol–water partition coefficient (Wildman–Crippen LogP) is 6.12. The molecule has 8 rings (SSSR count). The smallest absolute Gasteiger partial charge is 0.390 e. The van der Waals surface area contributed by atoms with Gasteiger partial charge in [-0.3, -0.25) is 33.8 Å². The second-order valence-corrected chi connectivity index (χ2v) is 17.5. The number of aliphatic hydroxyl groups excluding tert-OH is 1. The van der Waals surface area contributed by atoms with Gasteiger partial charge in [0.2, 0.25) is 17.8 Å². The molecule has 3 fully saturated rings. The van der Waals surface area contributed by atoms with E-state index in [0.717, 1.165) is 92.4 Å². The number of imide groups is 1. The number of amides is 2. The minimum atomic E-state index is -4.27. The molecule has 5 heterocycles. The molecule has 3 aliphatic rings. The topological polar surface area (TPSA) is 152 Å². The van der Waals surface area contributed by atoms with Gasteiger partial charge in [0.25, 0.3) is 0 Å². The average molecular weight is 874 g/mol. The Morgan fingerprint density at radius 1 is 0.952 bits per heavy atom. The number of aliphatic hydroxyl groups is 1. The van der Waals surface area contributed by atoms with Gasteiger partial charge in [-0.2, -0.15) is 18.2 Å². The summed E-state index contributed by atoms with van der Waals surface area (Å²) in [7, 11) is 1.71. The van der Waals surface area contributed by atoms with Gasteiger partial charge >= 0.3 is 11.9 Å². The van der Waals surface area contributed by atoms with Crippen LogP contribution in [0.5, 0.6) is 0 Å². The van der Waals surface area contributed by atoms with Crippen LogP contribution in [0, 0.1) is 0 Å². The van der Waals surface area contributed by atoms with E-state index in [1.807, 2.05) is 18.2 Å². The monoisotopic (exact) mass is 873 g/mol. The quantitative estimate of drug-likeness (QED) is 0.0783. The van der Waals surface area contributed by atoms with E-state index in [2.05, 4.69) is 72.4 Å². The van der Waals surface area contributed by atoms with Crippen molar-refractivity contribution in [2.45, 2.75) is 108 Å². The first-order valence-electron chi connectivity index (χ1n) is 22.3. The number of piperidine rings is 1. The molecule has 63 heavy (non-hydrogen) atoms. The number of hydrogen-bond donors (Lipinski definition) is 3. The van der Waals surface area contributed by atoms with Gasteiger partial charge in [-0.05, 0) is 87.1 Å². The molecule has 17 heteroatoms. The molecule has 2 saturated heterocycles. The van der Waals surface area contributed by atoms with Crippen molar-refractivity contribution in [1.29, 1.82) is 0 Å². The van der Waals surface area contributed by atoms with Crippen LogP contribution in [-0.4, -0.2) is 115 Å². The Morgan fingerprint density at radius 3 is 2.46 bits per heavy atom. The first-order valence-corrected chi connectivity index (χ1v) is 22.3. The second kappa shape index (κ2) is 19.3. The van der Waals surface area contributed by atoms with E-state index < -0.39 is 24.5 Å². The van der Waals surface area contributed by atoms with Crippen LogP contribution in [0.15, 0.2) is 59.7 Å². The molecule has 0 spiro atoms. The molecular formula is C46H58F3N9O5. The maximum absolute atomic E-state index is 13.1. The number of hydrogen-bond acceptors (Lipinski definition) is 10. The molecule has 2 amide bonds. The standard InChI is InChI=1S/C46H58F3N9O5/c1-30-27-55(21-22-56(30)20-4-24-63-23-3-5-31-8-15-38-40(25-31)54(2)45(62)58(38)39-16-17-41(60)52-43(39)61)28-32-6-9-33(10-7-32)37-29-57(34-11-13-35(59)14-12-34)42-36(37)26-51-44(53-42)50-19-18-46(47,48)49/h6-10,15,25-26,29-30,34-35,39,59H,3-5,11-14,16-24,27-28H2,1-2H3,(H,50,51,53)(H,52,60,61)/t30-,34-,35-,39?/m0/s1. The number of imidazole rings is 1. The van der Waals surface area contributed by atoms with Gasteiger partial charge in [0, 0.05) is 101 Å². The van der Waals surface area contributed by atoms with Crippen molar-refractivity contribution >= 4 is 39.8 Å². The second-order valence-electron chi connectivity index (χ2n) is 17.5. The third-order valence-electron chi connectivity index (χ3n) is 13.0. The predicted molar refractivity (Wildman–Crippen MR) is 234 cm³/mol. The fourth-order valence-corrected chi connectivity index (χ4v) is 9.51. The highest BCUT2D eigenvalue weighted by Crippen LogP contribution is 2.37. The van der Waals surface area contributed by atoms with Crippen LogP contribution in [0.4, 0.5) is 19.1 Å². The van der Waals surface area contributed by atoms with Gasteiger partial charge < -0.3 is 19.7 Å². The number of fused-ring (bicyclic) bond motifs is 2. The number of aryl methyl sites for hydroxylation is 2. The molecule has 1 saturated carbocycles. The molecule has 2 aliphatic heterocycles. The first-order chi connectivity index (χ1) is 30.3. The first kappa shape index (κ1) is 44.5. The number of anilines is 1. The van der Waals surface area contributed by atoms with Gasteiger partial charge in [0.15, 0.2) is 0 Å². The Balaban J connectivity index is 0.785. The summed E-state index contributed by atoms with van der Waals surface area (Å²) in [5.41, 5.74) is 6.18. The van der Waals surface area contributed by atoms with E-state index in [9.17, 15) is 32.7 Å². The van der Waals surface area contributed by atoms with Crippen molar-refractivity contribution in [3.8, 4) is 11.1 Å². The number of nitrogens with zero attached hydrogens (tertiary/aromatic N) is 7. The lowest BCUT2D eigenvalue weighted by atomic mass is 9.93. The number of nitrogens with one attached hydrogen (secondary N) is 2. The number of benzene rings is 2. The van der Waals surface area contributed by atoms with Crippen molar-refractivity contribution in [3.05, 3.63) is 76.5 Å². The summed E-state index contributed by atoms with van der Waals surface area (Å²) in [5.74, 6) is -0.573. The molecular weight excluding hydrogens is 816 g/mol. The molecule has 2 aromatic carbocycles. The third kappa shape index (κ3) is 10.5.